The van der Waals surface area contributed by atoms with Crippen molar-refractivity contribution in [1.29, 1.82) is 0 Å². The van der Waals surface area contributed by atoms with E-state index < -0.39 is 201 Å². The molecule has 5 aromatic carbocycles. The summed E-state index contributed by atoms with van der Waals surface area (Å²) < 4.78 is 347. The van der Waals surface area contributed by atoms with Gasteiger partial charge < -0.3 is 4.74 Å². The predicted molar refractivity (Wildman–Crippen MR) is 211 cm³/mol. The van der Waals surface area contributed by atoms with Crippen LogP contribution in [0.5, 0.6) is 0 Å². The molecule has 0 N–H and O–H groups in total. The lowest BCUT2D eigenvalue weighted by Crippen LogP contribution is -2.75. The second-order valence-corrected chi connectivity index (χ2v) is 15.8. The molecule has 0 saturated carbocycles. The van der Waals surface area contributed by atoms with Crippen LogP contribution >= 0.6 is 0 Å². The molecule has 74 heavy (non-hydrogen) atoms. The van der Waals surface area contributed by atoms with Crippen molar-refractivity contribution in [3.8, 4) is 0 Å². The number of nitrogens with zero attached hydrogens (tertiary/aromatic N) is 2. The Labute approximate surface area is 398 Å². The van der Waals surface area contributed by atoms with E-state index in [-0.39, 0.29) is 0 Å². The maximum absolute atomic E-state index is 14.2. The Morgan fingerprint density at radius 2 is 0.689 bits per heavy atom. The van der Waals surface area contributed by atoms with Gasteiger partial charge in [-0.2, -0.15) is 132 Å². The van der Waals surface area contributed by atoms with Gasteiger partial charge in [0.15, 0.2) is 12.7 Å². The van der Waals surface area contributed by atoms with Crippen molar-refractivity contribution in [3.05, 3.63) is 177 Å². The summed E-state index contributed by atoms with van der Waals surface area (Å²) >= 11 is 0. The molecule has 0 amide bonds. The molecule has 0 bridgehead atoms. The molecule has 0 fully saturated rings. The fourth-order valence-electron chi connectivity index (χ4n) is 7.61. The number of halogens is 24. The van der Waals surface area contributed by atoms with Gasteiger partial charge in [-0.3, -0.25) is 0 Å². The van der Waals surface area contributed by atoms with Gasteiger partial charge in [0, 0.05) is 5.56 Å². The highest BCUT2D eigenvalue weighted by Gasteiger charge is 2.47. The lowest BCUT2D eigenvalue weighted by atomic mass is 9.12. The predicted octanol–water partition coefficient (Wildman–Crippen LogP) is 12.4. The van der Waals surface area contributed by atoms with Crippen LogP contribution in [0.4, 0.5) is 105 Å². The van der Waals surface area contributed by atoms with Crippen LogP contribution in [0.1, 0.15) is 60.6 Å². The van der Waals surface area contributed by atoms with Crippen molar-refractivity contribution < 1.29 is 119 Å². The minimum Gasteiger partial charge on any atom is -0.464 e. The van der Waals surface area contributed by atoms with E-state index in [1.807, 2.05) is 41.1 Å². The summed E-state index contributed by atoms with van der Waals surface area (Å²) in [6.07, 6.45) is -49.7. The summed E-state index contributed by atoms with van der Waals surface area (Å²) in [4.78, 5) is 15.3. The highest BCUT2D eigenvalue weighted by Crippen LogP contribution is 2.41. The quantitative estimate of drug-likeness (QED) is 0.0692. The van der Waals surface area contributed by atoms with E-state index in [1.54, 1.807) is 12.4 Å². The standard InChI is InChI=1S/C32H12BF24.C13H13N2O2/c34-25(35,36)13-1-14(26(37,38)39)6-21(5-13)33(22-7-15(27(40,41)42)2-16(8-22)28(43,44)45,23-9-17(29(46,47)48)3-18(10-23)30(49,50)51)24-11-19(31(52,53)54)4-20(12-24)32(55,56)57;1-17-13(16)12-10-15(8-7-14-12)9-11-5-3-2-4-6-11/h1-12H;2-8,10H,9H2,1H3/q-1;+1. The maximum atomic E-state index is 14.2. The second-order valence-electron chi connectivity index (χ2n) is 15.8. The van der Waals surface area contributed by atoms with Crippen molar-refractivity contribution in [1.82, 2.24) is 4.98 Å². The van der Waals surface area contributed by atoms with Gasteiger partial charge in [-0.15, -0.1) is 0 Å². The van der Waals surface area contributed by atoms with Crippen LogP contribution in [0.25, 0.3) is 0 Å². The van der Waals surface area contributed by atoms with E-state index >= 15 is 0 Å². The van der Waals surface area contributed by atoms with E-state index in [9.17, 15) is 110 Å². The number of methoxy groups -OCH3 is 1. The zero-order valence-electron chi connectivity index (χ0n) is 36.1. The normalized spacial score (nSPS) is 13.3. The lowest BCUT2D eigenvalue weighted by molar-refractivity contribution is -0.689. The Balaban J connectivity index is 0.000000500. The third kappa shape index (κ3) is 13.4. The van der Waals surface area contributed by atoms with E-state index in [2.05, 4.69) is 9.72 Å². The van der Waals surface area contributed by atoms with Crippen LogP contribution in [-0.2, 0) is 60.7 Å². The first-order valence-electron chi connectivity index (χ1n) is 19.9. The Morgan fingerprint density at radius 3 is 0.919 bits per heavy atom. The largest absolute Gasteiger partial charge is 0.464 e. The molecular weight excluding hydrogens is 1070 g/mol. The van der Waals surface area contributed by atoms with Gasteiger partial charge in [-0.1, -0.05) is 78.9 Å². The van der Waals surface area contributed by atoms with Gasteiger partial charge in [0.25, 0.3) is 0 Å². The van der Waals surface area contributed by atoms with Crippen molar-refractivity contribution in [2.75, 3.05) is 7.11 Å². The molecule has 0 aliphatic heterocycles. The third-order valence-corrected chi connectivity index (χ3v) is 10.8. The summed E-state index contributed by atoms with van der Waals surface area (Å²) in [5.74, 6) is -0.424. The third-order valence-electron chi connectivity index (χ3n) is 10.8. The number of aromatic nitrogens is 2. The monoisotopic (exact) mass is 1090 g/mol. The first-order valence-corrected chi connectivity index (χ1v) is 19.9. The van der Waals surface area contributed by atoms with E-state index in [1.165, 1.54) is 12.7 Å². The number of ether oxygens (including phenoxy) is 1. The van der Waals surface area contributed by atoms with Crippen molar-refractivity contribution in [2.45, 2.75) is 56.0 Å². The topological polar surface area (TPSA) is 43.1 Å². The maximum Gasteiger partial charge on any atom is 0.416 e. The van der Waals surface area contributed by atoms with E-state index in [4.69, 9.17) is 0 Å². The average molecular weight is 1090 g/mol. The summed E-state index contributed by atoms with van der Waals surface area (Å²) in [5, 5.41) is 0. The molecule has 6 rings (SSSR count). The zero-order chi connectivity index (χ0) is 56.0. The van der Waals surface area contributed by atoms with Gasteiger partial charge in [-0.25, -0.2) is 9.78 Å². The molecule has 0 saturated heterocycles. The van der Waals surface area contributed by atoms with E-state index in [0.29, 0.717) is 12.2 Å². The lowest BCUT2D eigenvalue weighted by Gasteiger charge is -2.46. The molecule has 6 aromatic rings. The smallest absolute Gasteiger partial charge is 0.416 e. The number of esters is 1. The Bertz CT molecular complexity index is 2550. The summed E-state index contributed by atoms with van der Waals surface area (Å²) in [6, 6.07) is 1.20. The molecule has 0 atom stereocenters. The Hall–Kier alpha value is -6.97. The van der Waals surface area contributed by atoms with Crippen LogP contribution in [0.2, 0.25) is 0 Å². The number of carbonyl (C=O) groups excluding carboxylic acids is 1. The molecular formula is C45H25BF24N2O2. The van der Waals surface area contributed by atoms with Gasteiger partial charge in [0.1, 0.15) is 6.15 Å². The summed E-state index contributed by atoms with van der Waals surface area (Å²) in [5.41, 5.74) is -28.7. The molecule has 0 aliphatic carbocycles. The molecule has 4 nitrogen and oxygen atoms in total. The second kappa shape index (κ2) is 20.0. The van der Waals surface area contributed by atoms with Crippen LogP contribution in [0, 0.1) is 0 Å². The molecule has 1 heterocycles. The first-order chi connectivity index (χ1) is 33.6. The molecule has 0 unspecified atom stereocenters. The first kappa shape index (κ1) is 57.9. The summed E-state index contributed by atoms with van der Waals surface area (Å²) in [6.45, 7) is 0.702. The van der Waals surface area contributed by atoms with Gasteiger partial charge in [0.2, 0.25) is 11.9 Å². The highest BCUT2D eigenvalue weighted by molar-refractivity contribution is 7.20. The van der Waals surface area contributed by atoms with Crippen LogP contribution in [0.15, 0.2) is 122 Å². The number of benzene rings is 5. The number of hydrogen-bond acceptors (Lipinski definition) is 3. The van der Waals surface area contributed by atoms with Gasteiger partial charge in [0.05, 0.1) is 57.8 Å². The average Bonchev–Trinajstić information content (AvgIpc) is 3.27. The Kier molecular flexibility index (Phi) is 15.7. The molecule has 1 aromatic heterocycles. The molecule has 0 radical (unpaired) electrons. The number of rotatable bonds is 7. The van der Waals surface area contributed by atoms with Gasteiger partial charge >= 0.3 is 55.4 Å². The molecule has 398 valence electrons. The molecule has 0 spiro atoms. The zero-order valence-corrected chi connectivity index (χ0v) is 36.1. The van der Waals surface area contributed by atoms with Crippen LogP contribution in [-0.4, -0.2) is 24.2 Å². The fourth-order valence-corrected chi connectivity index (χ4v) is 7.61. The van der Waals surface area contributed by atoms with Crippen molar-refractivity contribution in [3.63, 3.8) is 0 Å². The van der Waals surface area contributed by atoms with Crippen LogP contribution in [0.3, 0.4) is 0 Å². The minimum atomic E-state index is -6.13. The number of hydrogen-bond donors (Lipinski definition) is 0. The van der Waals surface area contributed by atoms with E-state index in [0.717, 1.165) is 0 Å². The minimum absolute atomic E-state index is 0.311. The summed E-state index contributed by atoms with van der Waals surface area (Å²) in [7, 11) is 1.35. The van der Waals surface area contributed by atoms with Gasteiger partial charge in [-0.05, 0) is 24.3 Å². The van der Waals surface area contributed by atoms with Crippen molar-refractivity contribution >= 4 is 34.0 Å². The number of alkyl halides is 24. The number of carbonyl (C=O) groups is 1. The molecule has 29 heteroatoms. The Morgan fingerprint density at radius 1 is 0.432 bits per heavy atom. The van der Waals surface area contributed by atoms with Crippen molar-refractivity contribution in [2.24, 2.45) is 0 Å². The highest BCUT2D eigenvalue weighted by atomic mass is 19.4. The fraction of sp³-hybridized carbons (Fsp3) is 0.222. The SMILES string of the molecule is COC(=O)c1c[n+](Cc2ccccc2)ccn1.FC(F)(F)c1cc([B-](c2cc(C(F)(F)F)cc(C(F)(F)F)c2)(c2cc(C(F)(F)F)cc(C(F)(F)F)c2)c2cc(C(F)(F)F)cc(C(F)(F)F)c2)cc(C(F)(F)F)c1. The van der Waals surface area contributed by atoms with Crippen LogP contribution < -0.4 is 26.4 Å². The molecule has 0 aliphatic rings.